The van der Waals surface area contributed by atoms with Crippen LogP contribution in [0.4, 0.5) is 10.5 Å². The molecular weight excluding hydrogens is 366 g/mol. The molecule has 3 heterocycles. The van der Waals surface area contributed by atoms with E-state index in [4.69, 9.17) is 4.42 Å². The minimum Gasteiger partial charge on any atom is -0.469 e. The number of hydrogen-bond acceptors (Lipinski definition) is 3. The van der Waals surface area contributed by atoms with Crippen molar-refractivity contribution in [2.45, 2.75) is 50.5 Å². The first-order valence-corrected chi connectivity index (χ1v) is 10.7. The Balaban J connectivity index is 1.29. The van der Waals surface area contributed by atoms with Gasteiger partial charge in [0.1, 0.15) is 5.76 Å². The molecule has 1 N–H and O–H groups in total. The molecule has 2 aliphatic heterocycles. The molecule has 1 aliphatic carbocycles. The summed E-state index contributed by atoms with van der Waals surface area (Å²) in [7, 11) is 0. The zero-order valence-corrected chi connectivity index (χ0v) is 16.6. The van der Waals surface area contributed by atoms with Crippen molar-refractivity contribution < 1.29 is 14.0 Å². The predicted molar refractivity (Wildman–Crippen MR) is 110 cm³/mol. The maximum atomic E-state index is 13.2. The number of anilines is 1. The lowest BCUT2D eigenvalue weighted by Crippen LogP contribution is -2.42. The third-order valence-corrected chi connectivity index (χ3v) is 6.58. The highest BCUT2D eigenvalue weighted by Gasteiger charge is 2.34. The van der Waals surface area contributed by atoms with Gasteiger partial charge in [-0.1, -0.05) is 18.2 Å². The number of nitrogens with one attached hydrogen (secondary N) is 1. The van der Waals surface area contributed by atoms with Crippen molar-refractivity contribution in [3.8, 4) is 0 Å². The number of likely N-dealkylation sites (tertiary alicyclic amines) is 1. The summed E-state index contributed by atoms with van der Waals surface area (Å²) in [4.78, 5) is 29.0. The maximum Gasteiger partial charge on any atom is 0.322 e. The van der Waals surface area contributed by atoms with Crippen LogP contribution in [0.2, 0.25) is 0 Å². The van der Waals surface area contributed by atoms with Crippen molar-refractivity contribution in [3.05, 3.63) is 53.5 Å². The van der Waals surface area contributed by atoms with E-state index in [9.17, 15) is 9.59 Å². The van der Waals surface area contributed by atoms with Crippen molar-refractivity contribution in [1.82, 2.24) is 10.2 Å². The topological polar surface area (TPSA) is 65.8 Å². The van der Waals surface area contributed by atoms with Gasteiger partial charge in [0, 0.05) is 49.6 Å². The van der Waals surface area contributed by atoms with Crippen molar-refractivity contribution in [2.24, 2.45) is 0 Å². The summed E-state index contributed by atoms with van der Waals surface area (Å²) in [5, 5.41) is 3.23. The summed E-state index contributed by atoms with van der Waals surface area (Å²) >= 11 is 0. The number of rotatable bonds is 4. The second-order valence-corrected chi connectivity index (χ2v) is 8.33. The molecule has 1 saturated heterocycles. The van der Waals surface area contributed by atoms with Crippen LogP contribution in [0.1, 0.15) is 61.0 Å². The Bertz CT molecular complexity index is 922. The molecule has 3 amide bonds. The smallest absolute Gasteiger partial charge is 0.322 e. The van der Waals surface area contributed by atoms with Gasteiger partial charge in [0.25, 0.3) is 0 Å². The molecule has 1 fully saturated rings. The van der Waals surface area contributed by atoms with Crippen LogP contribution in [0.5, 0.6) is 0 Å². The van der Waals surface area contributed by atoms with Crippen LogP contribution in [0.3, 0.4) is 0 Å². The first-order chi connectivity index (χ1) is 14.2. The molecule has 0 bridgehead atoms. The minimum absolute atomic E-state index is 0.0124. The average molecular weight is 393 g/mol. The molecule has 6 nitrogen and oxygen atoms in total. The Morgan fingerprint density at radius 1 is 1.14 bits per heavy atom. The number of fused-ring (bicyclic) bond motifs is 2. The van der Waals surface area contributed by atoms with E-state index in [0.717, 1.165) is 62.2 Å². The molecule has 0 spiro atoms. The van der Waals surface area contributed by atoms with Crippen molar-refractivity contribution in [2.75, 3.05) is 24.5 Å². The molecule has 0 saturated carbocycles. The van der Waals surface area contributed by atoms with Crippen LogP contribution in [-0.4, -0.2) is 36.5 Å². The van der Waals surface area contributed by atoms with E-state index in [0.29, 0.717) is 13.0 Å². The number of aryl methyl sites for hydroxylation is 1. The average Bonchev–Trinajstić information content (AvgIpc) is 3.45. The highest BCUT2D eigenvalue weighted by Crippen LogP contribution is 2.39. The highest BCUT2D eigenvalue weighted by atomic mass is 16.3. The number of carbonyl (C=O) groups excluding carboxylic acids is 2. The van der Waals surface area contributed by atoms with E-state index in [1.807, 2.05) is 34.1 Å². The number of hydrogen-bond donors (Lipinski definition) is 1. The number of para-hydroxylation sites is 1. The molecule has 5 rings (SSSR count). The molecule has 0 radical (unpaired) electrons. The monoisotopic (exact) mass is 393 g/mol. The van der Waals surface area contributed by atoms with E-state index >= 15 is 0 Å². The molecule has 29 heavy (non-hydrogen) atoms. The molecule has 2 aromatic rings. The fraction of sp³-hybridized carbons (Fsp3) is 0.478. The van der Waals surface area contributed by atoms with E-state index in [1.165, 1.54) is 5.56 Å². The number of nitrogens with zero attached hydrogens (tertiary/aromatic N) is 2. The normalized spacial score (nSPS) is 23.2. The summed E-state index contributed by atoms with van der Waals surface area (Å²) in [5.74, 6) is 1.52. The molecule has 2 unspecified atom stereocenters. The molecule has 6 heteroatoms. The quantitative estimate of drug-likeness (QED) is 0.854. The van der Waals surface area contributed by atoms with Gasteiger partial charge in [-0.05, 0) is 43.4 Å². The van der Waals surface area contributed by atoms with Crippen LogP contribution in [0, 0.1) is 0 Å². The second kappa shape index (κ2) is 7.58. The first kappa shape index (κ1) is 18.3. The zero-order chi connectivity index (χ0) is 19.8. The summed E-state index contributed by atoms with van der Waals surface area (Å²) < 4.78 is 5.56. The summed E-state index contributed by atoms with van der Waals surface area (Å²) in [6.45, 7) is 2.30. The Labute approximate surface area is 170 Å². The Hall–Kier alpha value is -2.76. The summed E-state index contributed by atoms with van der Waals surface area (Å²) in [6.07, 6.45) is 7.15. The van der Waals surface area contributed by atoms with E-state index in [2.05, 4.69) is 11.4 Å². The van der Waals surface area contributed by atoms with Gasteiger partial charge in [0.2, 0.25) is 5.91 Å². The largest absolute Gasteiger partial charge is 0.469 e. The minimum atomic E-state index is -0.0451. The fourth-order valence-corrected chi connectivity index (χ4v) is 5.05. The molecule has 3 aliphatic rings. The molecular formula is C23H27N3O3. The van der Waals surface area contributed by atoms with Gasteiger partial charge in [0.15, 0.2) is 0 Å². The van der Waals surface area contributed by atoms with E-state index in [1.54, 1.807) is 6.26 Å². The summed E-state index contributed by atoms with van der Waals surface area (Å²) in [5.41, 5.74) is 3.31. The van der Waals surface area contributed by atoms with E-state index in [-0.39, 0.29) is 23.9 Å². The fourth-order valence-electron chi connectivity index (χ4n) is 5.05. The molecule has 1 aromatic carbocycles. The Morgan fingerprint density at radius 3 is 2.90 bits per heavy atom. The third-order valence-electron chi connectivity index (χ3n) is 6.58. The second-order valence-electron chi connectivity index (χ2n) is 8.33. The Morgan fingerprint density at radius 2 is 2.03 bits per heavy atom. The van der Waals surface area contributed by atoms with Crippen LogP contribution in [0.25, 0.3) is 0 Å². The molecule has 152 valence electrons. The lowest BCUT2D eigenvalue weighted by atomic mass is 9.93. The third kappa shape index (κ3) is 3.41. The van der Waals surface area contributed by atoms with Gasteiger partial charge in [-0.15, -0.1) is 0 Å². The number of amides is 3. The van der Waals surface area contributed by atoms with Crippen molar-refractivity contribution in [1.29, 1.82) is 0 Å². The Kier molecular flexibility index (Phi) is 4.78. The number of furan rings is 1. The highest BCUT2D eigenvalue weighted by molar-refractivity contribution is 5.95. The summed E-state index contributed by atoms with van der Waals surface area (Å²) in [6, 6.07) is 10.1. The van der Waals surface area contributed by atoms with Crippen molar-refractivity contribution in [3.63, 3.8) is 0 Å². The number of benzene rings is 1. The van der Waals surface area contributed by atoms with Gasteiger partial charge in [-0.25, -0.2) is 4.79 Å². The van der Waals surface area contributed by atoms with E-state index < -0.39 is 0 Å². The van der Waals surface area contributed by atoms with Gasteiger partial charge >= 0.3 is 6.03 Å². The van der Waals surface area contributed by atoms with Crippen LogP contribution >= 0.6 is 0 Å². The van der Waals surface area contributed by atoms with Crippen molar-refractivity contribution >= 4 is 17.6 Å². The predicted octanol–water partition coefficient (Wildman–Crippen LogP) is 3.98. The van der Waals surface area contributed by atoms with Crippen LogP contribution in [-0.2, 0) is 11.2 Å². The molecule has 1 aromatic heterocycles. The zero-order valence-electron chi connectivity index (χ0n) is 16.6. The lowest BCUT2D eigenvalue weighted by molar-refractivity contribution is -0.127. The van der Waals surface area contributed by atoms with Crippen LogP contribution < -0.4 is 10.2 Å². The first-order valence-electron chi connectivity index (χ1n) is 10.7. The SMILES string of the molecule is O=C1CCCN1CCC1CN(C(=O)NC2CCCc3occc32)c2ccccc21. The van der Waals surface area contributed by atoms with Gasteiger partial charge in [-0.3, -0.25) is 9.69 Å². The van der Waals surface area contributed by atoms with Gasteiger partial charge in [-0.2, -0.15) is 0 Å². The molecule has 2 atom stereocenters. The standard InChI is InChI=1S/C23H27N3O3/c27-22-9-4-12-25(22)13-10-16-15-26(20-7-2-1-5-17(16)20)23(28)24-19-6-3-8-21-18(19)11-14-29-21/h1-2,5,7,11,14,16,19H,3-4,6,8-10,12-13,15H2,(H,24,28). The lowest BCUT2D eigenvalue weighted by Gasteiger charge is -2.26. The van der Waals surface area contributed by atoms with Gasteiger partial charge in [0.05, 0.1) is 12.3 Å². The maximum absolute atomic E-state index is 13.2. The van der Waals surface area contributed by atoms with Gasteiger partial charge < -0.3 is 14.6 Å². The van der Waals surface area contributed by atoms with Crippen LogP contribution in [0.15, 0.2) is 41.0 Å². The number of carbonyl (C=O) groups is 2. The number of urea groups is 1.